The van der Waals surface area contributed by atoms with Crippen LogP contribution in [0.3, 0.4) is 0 Å². The van der Waals surface area contributed by atoms with Gasteiger partial charge in [-0.15, -0.1) is 0 Å². The van der Waals surface area contributed by atoms with Crippen LogP contribution in [0.1, 0.15) is 36.8 Å². The van der Waals surface area contributed by atoms with E-state index in [9.17, 15) is 8.60 Å². The van der Waals surface area contributed by atoms with Crippen LogP contribution >= 0.6 is 0 Å². The van der Waals surface area contributed by atoms with Crippen LogP contribution in [-0.4, -0.2) is 4.21 Å². The van der Waals surface area contributed by atoms with E-state index in [4.69, 9.17) is 4.74 Å². The molecular formula is C24H23FO2S. The summed E-state index contributed by atoms with van der Waals surface area (Å²) in [6, 6.07) is 24.1. The largest absolute Gasteiger partial charge is 0.489 e. The lowest BCUT2D eigenvalue weighted by Crippen LogP contribution is -2.28. The van der Waals surface area contributed by atoms with Gasteiger partial charge < -0.3 is 4.74 Å². The summed E-state index contributed by atoms with van der Waals surface area (Å²) in [5.41, 5.74) is 2.19. The Kier molecular flexibility index (Phi) is 5.58. The topological polar surface area (TPSA) is 26.3 Å². The van der Waals surface area contributed by atoms with Crippen LogP contribution < -0.4 is 4.74 Å². The fourth-order valence-corrected chi connectivity index (χ4v) is 5.75. The molecule has 1 saturated carbocycles. The van der Waals surface area contributed by atoms with Crippen molar-refractivity contribution in [3.8, 4) is 5.75 Å². The highest BCUT2D eigenvalue weighted by Crippen LogP contribution is 2.46. The van der Waals surface area contributed by atoms with Gasteiger partial charge in [-0.3, -0.25) is 4.21 Å². The van der Waals surface area contributed by atoms with Gasteiger partial charge in [-0.25, -0.2) is 4.39 Å². The molecule has 3 aromatic rings. The maximum absolute atomic E-state index is 13.4. The SMILES string of the molecule is O=S(c1ccc(F)cc1)C1(c2ccc(OCc3ccccc3)cc2)CCCC1. The van der Waals surface area contributed by atoms with Gasteiger partial charge in [0.05, 0.1) is 15.5 Å². The Morgan fingerprint density at radius 1 is 0.857 bits per heavy atom. The van der Waals surface area contributed by atoms with E-state index < -0.39 is 15.5 Å². The predicted octanol–water partition coefficient (Wildman–Crippen LogP) is 5.98. The molecule has 4 rings (SSSR count). The fraction of sp³-hybridized carbons (Fsp3) is 0.250. The summed E-state index contributed by atoms with van der Waals surface area (Å²) in [5, 5.41) is 0. The van der Waals surface area contributed by atoms with Gasteiger partial charge in [-0.05, 0) is 60.4 Å². The first-order valence-corrected chi connectivity index (χ1v) is 10.8. The molecule has 4 heteroatoms. The van der Waals surface area contributed by atoms with Crippen LogP contribution in [0.5, 0.6) is 5.75 Å². The van der Waals surface area contributed by atoms with Crippen LogP contribution in [0.25, 0.3) is 0 Å². The molecule has 144 valence electrons. The number of ether oxygens (including phenoxy) is 1. The van der Waals surface area contributed by atoms with Gasteiger partial charge in [-0.2, -0.15) is 0 Å². The van der Waals surface area contributed by atoms with Gasteiger partial charge in [0.1, 0.15) is 18.2 Å². The van der Waals surface area contributed by atoms with E-state index in [1.54, 1.807) is 12.1 Å². The van der Waals surface area contributed by atoms with E-state index >= 15 is 0 Å². The highest BCUT2D eigenvalue weighted by Gasteiger charge is 2.42. The minimum Gasteiger partial charge on any atom is -0.489 e. The molecule has 0 spiro atoms. The lowest BCUT2D eigenvalue weighted by atomic mass is 9.96. The lowest BCUT2D eigenvalue weighted by molar-refractivity contribution is 0.306. The molecule has 0 heterocycles. The summed E-state index contributed by atoms with van der Waals surface area (Å²) in [6.07, 6.45) is 3.86. The van der Waals surface area contributed by atoms with E-state index in [-0.39, 0.29) is 5.82 Å². The van der Waals surface area contributed by atoms with E-state index in [0.29, 0.717) is 11.5 Å². The zero-order chi connectivity index (χ0) is 19.4. The van der Waals surface area contributed by atoms with Crippen LogP contribution in [0, 0.1) is 5.82 Å². The second-order valence-corrected chi connectivity index (χ2v) is 9.01. The third-order valence-electron chi connectivity index (χ3n) is 5.42. The summed E-state index contributed by atoms with van der Waals surface area (Å²) >= 11 is 0. The fourth-order valence-electron chi connectivity index (χ4n) is 3.91. The summed E-state index contributed by atoms with van der Waals surface area (Å²) < 4.78 is 32.2. The monoisotopic (exact) mass is 394 g/mol. The normalized spacial score (nSPS) is 16.6. The van der Waals surface area contributed by atoms with Crippen molar-refractivity contribution in [3.63, 3.8) is 0 Å². The quantitative estimate of drug-likeness (QED) is 0.514. The van der Waals surface area contributed by atoms with Crippen molar-refractivity contribution in [2.24, 2.45) is 0 Å². The van der Waals surface area contributed by atoms with Gasteiger partial charge in [-0.1, -0.05) is 55.3 Å². The average molecular weight is 395 g/mol. The Balaban J connectivity index is 1.54. The first-order chi connectivity index (χ1) is 13.7. The maximum atomic E-state index is 13.4. The third-order valence-corrected chi connectivity index (χ3v) is 7.48. The van der Waals surface area contributed by atoms with Gasteiger partial charge in [0.2, 0.25) is 0 Å². The van der Waals surface area contributed by atoms with E-state index in [1.807, 2.05) is 54.6 Å². The Morgan fingerprint density at radius 2 is 1.50 bits per heavy atom. The molecule has 1 aliphatic carbocycles. The maximum Gasteiger partial charge on any atom is 0.123 e. The standard InChI is InChI=1S/C24H23FO2S/c25-21-10-14-23(15-11-21)28(26)24(16-4-5-17-24)20-8-12-22(13-9-20)27-18-19-6-2-1-3-7-19/h1-3,6-15H,4-5,16-18H2. The molecule has 2 nitrogen and oxygen atoms in total. The highest BCUT2D eigenvalue weighted by atomic mass is 32.2. The Hall–Kier alpha value is -2.46. The zero-order valence-electron chi connectivity index (χ0n) is 15.6. The minimum absolute atomic E-state index is 0.305. The smallest absolute Gasteiger partial charge is 0.123 e. The number of halogens is 1. The van der Waals surface area contributed by atoms with Crippen LogP contribution in [-0.2, 0) is 22.2 Å². The Morgan fingerprint density at radius 3 is 2.14 bits per heavy atom. The molecule has 1 atom stereocenters. The second-order valence-electron chi connectivity index (χ2n) is 7.22. The number of rotatable bonds is 6. The molecule has 0 saturated heterocycles. The molecule has 0 N–H and O–H groups in total. The second kappa shape index (κ2) is 8.27. The van der Waals surface area contributed by atoms with Crippen LogP contribution in [0.4, 0.5) is 4.39 Å². The molecule has 28 heavy (non-hydrogen) atoms. The van der Waals surface area contributed by atoms with Crippen molar-refractivity contribution in [3.05, 3.63) is 95.8 Å². The first kappa shape index (κ1) is 18.9. The molecule has 1 fully saturated rings. The van der Waals surface area contributed by atoms with Crippen molar-refractivity contribution in [2.75, 3.05) is 0 Å². The van der Waals surface area contributed by atoms with Crippen molar-refractivity contribution in [2.45, 2.75) is 41.9 Å². The van der Waals surface area contributed by atoms with E-state index in [0.717, 1.165) is 42.6 Å². The molecule has 0 amide bonds. The van der Waals surface area contributed by atoms with Crippen molar-refractivity contribution in [1.29, 1.82) is 0 Å². The summed E-state index contributed by atoms with van der Waals surface area (Å²) in [5.74, 6) is 0.495. The van der Waals surface area contributed by atoms with Crippen molar-refractivity contribution >= 4 is 10.8 Å². The van der Waals surface area contributed by atoms with E-state index in [1.165, 1.54) is 12.1 Å². The number of hydrogen-bond donors (Lipinski definition) is 0. The lowest BCUT2D eigenvalue weighted by Gasteiger charge is -2.29. The van der Waals surface area contributed by atoms with Gasteiger partial charge in [0.15, 0.2) is 0 Å². The Labute approximate surface area is 167 Å². The van der Waals surface area contributed by atoms with Crippen LogP contribution in [0.2, 0.25) is 0 Å². The highest BCUT2D eigenvalue weighted by molar-refractivity contribution is 7.86. The summed E-state index contributed by atoms with van der Waals surface area (Å²) in [7, 11) is -1.22. The van der Waals surface area contributed by atoms with Gasteiger partial charge in [0, 0.05) is 4.90 Å². The molecule has 3 aromatic carbocycles. The molecular weight excluding hydrogens is 371 g/mol. The predicted molar refractivity (Wildman–Crippen MR) is 110 cm³/mol. The van der Waals surface area contributed by atoms with Crippen molar-refractivity contribution < 1.29 is 13.3 Å². The zero-order valence-corrected chi connectivity index (χ0v) is 16.5. The Bertz CT molecular complexity index is 931. The van der Waals surface area contributed by atoms with Crippen LogP contribution in [0.15, 0.2) is 83.8 Å². The first-order valence-electron chi connectivity index (χ1n) is 9.62. The minimum atomic E-state index is -1.22. The number of benzene rings is 3. The molecule has 0 aliphatic heterocycles. The van der Waals surface area contributed by atoms with Gasteiger partial charge in [0.25, 0.3) is 0 Å². The number of hydrogen-bond acceptors (Lipinski definition) is 2. The van der Waals surface area contributed by atoms with E-state index in [2.05, 4.69) is 0 Å². The van der Waals surface area contributed by atoms with Gasteiger partial charge >= 0.3 is 0 Å². The molecule has 1 unspecified atom stereocenters. The molecule has 0 aromatic heterocycles. The third kappa shape index (κ3) is 3.88. The molecule has 0 radical (unpaired) electrons. The molecule has 0 bridgehead atoms. The van der Waals surface area contributed by atoms with Crippen molar-refractivity contribution in [1.82, 2.24) is 0 Å². The molecule has 1 aliphatic rings. The average Bonchev–Trinajstić information content (AvgIpc) is 3.25. The summed E-state index contributed by atoms with van der Waals surface area (Å²) in [6.45, 7) is 0.521. The summed E-state index contributed by atoms with van der Waals surface area (Å²) in [4.78, 5) is 0.688.